The van der Waals surface area contributed by atoms with E-state index in [0.29, 0.717) is 12.6 Å². The lowest BCUT2D eigenvalue weighted by Gasteiger charge is -2.28. The summed E-state index contributed by atoms with van der Waals surface area (Å²) in [7, 11) is 3.79. The zero-order valence-corrected chi connectivity index (χ0v) is 9.71. The van der Waals surface area contributed by atoms with Crippen molar-refractivity contribution in [3.8, 4) is 0 Å². The van der Waals surface area contributed by atoms with Gasteiger partial charge in [0.1, 0.15) is 0 Å². The van der Waals surface area contributed by atoms with Crippen molar-refractivity contribution >= 4 is 5.91 Å². The second kappa shape index (κ2) is 6.79. The number of nitrogens with one attached hydrogen (secondary N) is 1. The van der Waals surface area contributed by atoms with Crippen LogP contribution >= 0.6 is 0 Å². The maximum atomic E-state index is 11.0. The predicted molar refractivity (Wildman–Crippen MR) is 59.0 cm³/mol. The molecule has 84 valence electrons. The molecule has 0 aliphatic heterocycles. The molecule has 0 bridgehead atoms. The molecule has 0 saturated heterocycles. The van der Waals surface area contributed by atoms with Crippen LogP contribution in [0, 0.1) is 0 Å². The van der Waals surface area contributed by atoms with Gasteiger partial charge in [-0.25, -0.2) is 0 Å². The molecule has 0 aromatic carbocycles. The van der Waals surface area contributed by atoms with E-state index in [1.54, 1.807) is 7.05 Å². The van der Waals surface area contributed by atoms with Crippen LogP contribution in [0.25, 0.3) is 0 Å². The number of hydrogen-bond acceptors (Lipinski definition) is 3. The van der Waals surface area contributed by atoms with Crippen LogP contribution in [0.3, 0.4) is 0 Å². The Kier molecular flexibility index (Phi) is 6.49. The monoisotopic (exact) mass is 201 g/mol. The summed E-state index contributed by atoms with van der Waals surface area (Å²) in [4.78, 5) is 13.2. The fourth-order valence-electron chi connectivity index (χ4n) is 1.67. The zero-order chi connectivity index (χ0) is 11.1. The van der Waals surface area contributed by atoms with E-state index in [2.05, 4.69) is 24.1 Å². The van der Waals surface area contributed by atoms with Crippen molar-refractivity contribution in [1.29, 1.82) is 0 Å². The van der Waals surface area contributed by atoms with Crippen LogP contribution in [0.15, 0.2) is 0 Å². The van der Waals surface area contributed by atoms with Crippen LogP contribution < -0.4 is 11.1 Å². The minimum Gasteiger partial charge on any atom is -0.368 e. The number of carbonyl (C=O) groups is 1. The van der Waals surface area contributed by atoms with Crippen molar-refractivity contribution < 1.29 is 4.79 Å². The molecular weight excluding hydrogens is 178 g/mol. The molecule has 0 aliphatic rings. The standard InChI is InChI=1S/C10H23N3O/c1-5-8(6-2)13(4)7-9(12-3)10(11)14/h8-9,12H,5-7H2,1-4H3,(H2,11,14). The molecule has 1 atom stereocenters. The van der Waals surface area contributed by atoms with Crippen LogP contribution in [0.5, 0.6) is 0 Å². The maximum absolute atomic E-state index is 11.0. The van der Waals surface area contributed by atoms with Gasteiger partial charge in [0.05, 0.1) is 6.04 Å². The zero-order valence-electron chi connectivity index (χ0n) is 9.71. The van der Waals surface area contributed by atoms with Gasteiger partial charge in [-0.3, -0.25) is 4.79 Å². The van der Waals surface area contributed by atoms with Crippen molar-refractivity contribution in [3.05, 3.63) is 0 Å². The minimum atomic E-state index is -0.287. The van der Waals surface area contributed by atoms with Gasteiger partial charge in [0.25, 0.3) is 0 Å². The number of rotatable bonds is 7. The predicted octanol–water partition coefficient (Wildman–Crippen LogP) is 0.180. The molecule has 0 spiro atoms. The van der Waals surface area contributed by atoms with Crippen molar-refractivity contribution in [2.75, 3.05) is 20.6 Å². The molecule has 0 rings (SSSR count). The van der Waals surface area contributed by atoms with Crippen LogP contribution in [0.4, 0.5) is 0 Å². The van der Waals surface area contributed by atoms with Gasteiger partial charge in [0, 0.05) is 12.6 Å². The summed E-state index contributed by atoms with van der Waals surface area (Å²) < 4.78 is 0. The third-order valence-electron chi connectivity index (χ3n) is 2.73. The van der Waals surface area contributed by atoms with Gasteiger partial charge >= 0.3 is 0 Å². The van der Waals surface area contributed by atoms with Gasteiger partial charge < -0.3 is 16.0 Å². The van der Waals surface area contributed by atoms with E-state index < -0.39 is 0 Å². The summed E-state index contributed by atoms with van der Waals surface area (Å²) in [6.07, 6.45) is 2.20. The molecule has 0 aromatic heterocycles. The largest absolute Gasteiger partial charge is 0.368 e. The van der Waals surface area contributed by atoms with E-state index in [-0.39, 0.29) is 11.9 Å². The summed E-state index contributed by atoms with van der Waals surface area (Å²) in [5.74, 6) is -0.287. The Labute approximate surface area is 86.8 Å². The normalized spacial score (nSPS) is 13.6. The van der Waals surface area contributed by atoms with Gasteiger partial charge in [-0.2, -0.15) is 0 Å². The maximum Gasteiger partial charge on any atom is 0.235 e. The highest BCUT2D eigenvalue weighted by atomic mass is 16.1. The number of primary amides is 1. The van der Waals surface area contributed by atoms with Gasteiger partial charge in [0.2, 0.25) is 5.91 Å². The smallest absolute Gasteiger partial charge is 0.235 e. The molecule has 0 aliphatic carbocycles. The first kappa shape index (κ1) is 13.4. The van der Waals surface area contributed by atoms with Crippen LogP contribution in [0.2, 0.25) is 0 Å². The highest BCUT2D eigenvalue weighted by Gasteiger charge is 2.18. The molecule has 0 aromatic rings. The number of nitrogens with two attached hydrogens (primary N) is 1. The van der Waals surface area contributed by atoms with Gasteiger partial charge in [-0.15, -0.1) is 0 Å². The summed E-state index contributed by atoms with van der Waals surface area (Å²) in [6.45, 7) is 4.99. The third kappa shape index (κ3) is 4.07. The summed E-state index contributed by atoms with van der Waals surface area (Å²) in [5, 5.41) is 2.92. The summed E-state index contributed by atoms with van der Waals surface area (Å²) in [5.41, 5.74) is 5.25. The van der Waals surface area contributed by atoms with Crippen LogP contribution in [-0.4, -0.2) is 43.5 Å². The molecule has 1 unspecified atom stereocenters. The quantitative estimate of drug-likeness (QED) is 0.618. The number of hydrogen-bond donors (Lipinski definition) is 2. The minimum absolute atomic E-state index is 0.249. The van der Waals surface area contributed by atoms with Crippen molar-refractivity contribution in [1.82, 2.24) is 10.2 Å². The van der Waals surface area contributed by atoms with E-state index in [1.165, 1.54) is 0 Å². The van der Waals surface area contributed by atoms with Crippen molar-refractivity contribution in [2.45, 2.75) is 38.8 Å². The van der Waals surface area contributed by atoms with E-state index in [1.807, 2.05) is 7.05 Å². The number of carbonyl (C=O) groups excluding carboxylic acids is 1. The second-order valence-corrected chi connectivity index (χ2v) is 3.65. The Morgan fingerprint density at radius 2 is 1.93 bits per heavy atom. The first-order valence-corrected chi connectivity index (χ1v) is 5.23. The Morgan fingerprint density at radius 1 is 1.43 bits per heavy atom. The topological polar surface area (TPSA) is 58.4 Å². The Morgan fingerprint density at radius 3 is 2.21 bits per heavy atom. The average molecular weight is 201 g/mol. The van der Waals surface area contributed by atoms with Crippen molar-refractivity contribution in [3.63, 3.8) is 0 Å². The Hall–Kier alpha value is -0.610. The molecule has 0 saturated carbocycles. The molecule has 1 amide bonds. The summed E-state index contributed by atoms with van der Waals surface area (Å²) >= 11 is 0. The number of nitrogens with zero attached hydrogens (tertiary/aromatic N) is 1. The lowest BCUT2D eigenvalue weighted by Crippen LogP contribution is -2.49. The lowest BCUT2D eigenvalue weighted by molar-refractivity contribution is -0.120. The first-order valence-electron chi connectivity index (χ1n) is 5.23. The highest BCUT2D eigenvalue weighted by Crippen LogP contribution is 2.06. The van der Waals surface area contributed by atoms with Crippen LogP contribution in [-0.2, 0) is 4.79 Å². The molecule has 4 nitrogen and oxygen atoms in total. The molecule has 0 fully saturated rings. The SMILES string of the molecule is CCC(CC)N(C)CC(NC)C(N)=O. The van der Waals surface area contributed by atoms with Crippen molar-refractivity contribution in [2.24, 2.45) is 5.73 Å². The van der Waals surface area contributed by atoms with E-state index >= 15 is 0 Å². The molecular formula is C10H23N3O. The lowest BCUT2D eigenvalue weighted by atomic mass is 10.1. The third-order valence-corrected chi connectivity index (χ3v) is 2.73. The molecule has 0 radical (unpaired) electrons. The Balaban J connectivity index is 4.12. The van der Waals surface area contributed by atoms with Crippen LogP contribution in [0.1, 0.15) is 26.7 Å². The molecule has 4 heteroatoms. The van der Waals surface area contributed by atoms with E-state index in [4.69, 9.17) is 5.73 Å². The Bertz CT molecular complexity index is 169. The fourth-order valence-corrected chi connectivity index (χ4v) is 1.67. The number of amides is 1. The second-order valence-electron chi connectivity index (χ2n) is 3.65. The molecule has 0 heterocycles. The molecule has 3 N–H and O–H groups in total. The summed E-state index contributed by atoms with van der Waals surface area (Å²) in [6, 6.07) is 0.283. The molecule has 14 heavy (non-hydrogen) atoms. The number of likely N-dealkylation sites (N-methyl/N-ethyl adjacent to an activating group) is 2. The highest BCUT2D eigenvalue weighted by molar-refractivity contribution is 5.80. The van der Waals surface area contributed by atoms with E-state index in [0.717, 1.165) is 12.8 Å². The first-order chi connectivity index (χ1) is 6.56. The van der Waals surface area contributed by atoms with Gasteiger partial charge in [-0.05, 0) is 26.9 Å². The average Bonchev–Trinajstić information content (AvgIpc) is 2.15. The van der Waals surface area contributed by atoms with Gasteiger partial charge in [0.15, 0.2) is 0 Å². The fraction of sp³-hybridized carbons (Fsp3) is 0.900. The van der Waals surface area contributed by atoms with Gasteiger partial charge in [-0.1, -0.05) is 13.8 Å². The van der Waals surface area contributed by atoms with E-state index in [9.17, 15) is 4.79 Å².